The van der Waals surface area contributed by atoms with E-state index in [1.165, 1.54) is 6.42 Å². The second-order valence-electron chi connectivity index (χ2n) is 8.27. The molecule has 0 unspecified atom stereocenters. The summed E-state index contributed by atoms with van der Waals surface area (Å²) in [5, 5.41) is 3.16. The molecule has 1 fully saturated rings. The summed E-state index contributed by atoms with van der Waals surface area (Å²) in [5.74, 6) is 0.345. The molecule has 31 heavy (non-hydrogen) atoms. The van der Waals surface area contributed by atoms with Gasteiger partial charge in [-0.1, -0.05) is 49.1 Å². The van der Waals surface area contributed by atoms with Gasteiger partial charge in [-0.15, -0.1) is 0 Å². The fourth-order valence-corrected chi connectivity index (χ4v) is 4.28. The lowest BCUT2D eigenvalue weighted by molar-refractivity contribution is -0.142. The average molecular weight is 534 g/mol. The molecule has 2 aromatic carbocycles. The van der Waals surface area contributed by atoms with Gasteiger partial charge in [0, 0.05) is 16.2 Å². The topological polar surface area (TPSA) is 58.6 Å². The number of aryl methyl sites for hydroxylation is 1. The highest BCUT2D eigenvalue weighted by Gasteiger charge is 2.28. The zero-order valence-corrected chi connectivity index (χ0v) is 20.4. The molecule has 0 saturated heterocycles. The minimum Gasteiger partial charge on any atom is -0.484 e. The predicted molar refractivity (Wildman–Crippen MR) is 131 cm³/mol. The van der Waals surface area contributed by atoms with E-state index in [2.05, 4.69) is 27.9 Å². The highest BCUT2D eigenvalue weighted by atomic mass is 127. The van der Waals surface area contributed by atoms with Crippen molar-refractivity contribution in [3.8, 4) is 5.75 Å². The number of nitrogens with one attached hydrogen (secondary N) is 1. The van der Waals surface area contributed by atoms with Crippen LogP contribution in [0.4, 0.5) is 0 Å². The van der Waals surface area contributed by atoms with Crippen molar-refractivity contribution in [1.29, 1.82) is 0 Å². The van der Waals surface area contributed by atoms with Crippen LogP contribution in [0.15, 0.2) is 48.5 Å². The van der Waals surface area contributed by atoms with Crippen LogP contribution in [0, 0.1) is 10.5 Å². The SMILES string of the molecule is Cc1cccc(CN(C(=O)COc2ccc(I)cc2)[C@@H](C)C(=O)NC2CCCCC2)c1. The maximum absolute atomic E-state index is 13.1. The summed E-state index contributed by atoms with van der Waals surface area (Å²) in [4.78, 5) is 27.7. The van der Waals surface area contributed by atoms with Crippen molar-refractivity contribution in [2.45, 2.75) is 64.6 Å². The molecular weight excluding hydrogens is 503 g/mol. The number of nitrogens with zero attached hydrogens (tertiary/aromatic N) is 1. The minimum absolute atomic E-state index is 0.0952. The van der Waals surface area contributed by atoms with Crippen LogP contribution in [-0.4, -0.2) is 35.4 Å². The second-order valence-corrected chi connectivity index (χ2v) is 9.52. The van der Waals surface area contributed by atoms with Crippen molar-refractivity contribution in [2.24, 2.45) is 0 Å². The van der Waals surface area contributed by atoms with Crippen LogP contribution >= 0.6 is 22.6 Å². The average Bonchev–Trinajstić information content (AvgIpc) is 2.77. The minimum atomic E-state index is -0.574. The molecule has 5 nitrogen and oxygen atoms in total. The summed E-state index contributed by atoms with van der Waals surface area (Å²) >= 11 is 2.23. The van der Waals surface area contributed by atoms with Gasteiger partial charge in [-0.3, -0.25) is 9.59 Å². The Morgan fingerprint density at radius 1 is 1.13 bits per heavy atom. The molecule has 6 heteroatoms. The van der Waals surface area contributed by atoms with E-state index in [-0.39, 0.29) is 24.5 Å². The predicted octanol–water partition coefficient (Wildman–Crippen LogP) is 4.84. The number of hydrogen-bond acceptors (Lipinski definition) is 3. The Morgan fingerprint density at radius 3 is 2.52 bits per heavy atom. The van der Waals surface area contributed by atoms with Crippen LogP contribution in [0.25, 0.3) is 0 Å². The van der Waals surface area contributed by atoms with Gasteiger partial charge in [0.2, 0.25) is 5.91 Å². The molecule has 0 radical (unpaired) electrons. The van der Waals surface area contributed by atoms with E-state index in [1.807, 2.05) is 55.5 Å². The van der Waals surface area contributed by atoms with Gasteiger partial charge in [-0.25, -0.2) is 0 Å². The molecule has 1 saturated carbocycles. The van der Waals surface area contributed by atoms with Crippen molar-refractivity contribution in [3.05, 3.63) is 63.2 Å². The van der Waals surface area contributed by atoms with Crippen molar-refractivity contribution in [1.82, 2.24) is 10.2 Å². The van der Waals surface area contributed by atoms with Gasteiger partial charge in [0.1, 0.15) is 11.8 Å². The molecule has 3 rings (SSSR count). The normalized spacial score (nSPS) is 15.2. The number of amides is 2. The molecule has 2 amide bonds. The highest BCUT2D eigenvalue weighted by molar-refractivity contribution is 14.1. The first-order valence-corrected chi connectivity index (χ1v) is 12.0. The molecule has 2 aromatic rings. The zero-order valence-electron chi connectivity index (χ0n) is 18.3. The highest BCUT2D eigenvalue weighted by Crippen LogP contribution is 2.19. The maximum atomic E-state index is 13.1. The summed E-state index contributed by atoms with van der Waals surface area (Å²) in [6.45, 7) is 4.09. The molecule has 0 bridgehead atoms. The third-order valence-electron chi connectivity index (χ3n) is 5.73. The standard InChI is InChI=1S/C25H31IN2O3/c1-18-7-6-8-20(15-18)16-28(19(2)25(30)27-22-9-4-3-5-10-22)24(29)17-31-23-13-11-21(26)12-14-23/h6-8,11-15,19,22H,3-5,9-10,16-17H2,1-2H3,(H,27,30)/t19-/m0/s1. The van der Waals surface area contributed by atoms with Crippen LogP contribution < -0.4 is 10.1 Å². The fraction of sp³-hybridized carbons (Fsp3) is 0.440. The van der Waals surface area contributed by atoms with Crippen molar-refractivity contribution in [3.63, 3.8) is 0 Å². The van der Waals surface area contributed by atoms with Gasteiger partial charge in [-0.05, 0) is 79.1 Å². The van der Waals surface area contributed by atoms with Crippen LogP contribution in [0.5, 0.6) is 5.75 Å². The lowest BCUT2D eigenvalue weighted by Crippen LogP contribution is -2.51. The molecule has 166 valence electrons. The monoisotopic (exact) mass is 534 g/mol. The summed E-state index contributed by atoms with van der Waals surface area (Å²) in [6.07, 6.45) is 5.56. The van der Waals surface area contributed by atoms with E-state index in [0.717, 1.165) is 40.4 Å². The van der Waals surface area contributed by atoms with Crippen LogP contribution in [0.2, 0.25) is 0 Å². The fourth-order valence-electron chi connectivity index (χ4n) is 3.92. The van der Waals surface area contributed by atoms with Gasteiger partial charge < -0.3 is 15.0 Å². The largest absolute Gasteiger partial charge is 0.484 e. The number of ether oxygens (including phenoxy) is 1. The summed E-state index contributed by atoms with van der Waals surface area (Å²) in [5.41, 5.74) is 2.12. The van der Waals surface area contributed by atoms with E-state index in [1.54, 1.807) is 11.8 Å². The Bertz CT molecular complexity index is 879. The molecule has 1 atom stereocenters. The van der Waals surface area contributed by atoms with Crippen molar-refractivity contribution >= 4 is 34.4 Å². The van der Waals surface area contributed by atoms with Crippen molar-refractivity contribution in [2.75, 3.05) is 6.61 Å². The van der Waals surface area contributed by atoms with E-state index in [4.69, 9.17) is 4.74 Å². The molecule has 1 aliphatic carbocycles. The number of rotatable bonds is 8. The number of halogens is 1. The summed E-state index contributed by atoms with van der Waals surface area (Å²) < 4.78 is 6.82. The third-order valence-corrected chi connectivity index (χ3v) is 6.45. The maximum Gasteiger partial charge on any atom is 0.261 e. The van der Waals surface area contributed by atoms with Crippen LogP contribution in [-0.2, 0) is 16.1 Å². The number of carbonyl (C=O) groups excluding carboxylic acids is 2. The molecule has 1 aliphatic rings. The van der Waals surface area contributed by atoms with Crippen LogP contribution in [0.3, 0.4) is 0 Å². The molecular formula is C25H31IN2O3. The van der Waals surface area contributed by atoms with Crippen LogP contribution in [0.1, 0.15) is 50.2 Å². The lowest BCUT2D eigenvalue weighted by atomic mass is 9.95. The van der Waals surface area contributed by atoms with Gasteiger partial charge in [0.05, 0.1) is 0 Å². The lowest BCUT2D eigenvalue weighted by Gasteiger charge is -2.31. The van der Waals surface area contributed by atoms with Gasteiger partial charge in [-0.2, -0.15) is 0 Å². The molecule has 0 aliphatic heterocycles. The van der Waals surface area contributed by atoms with E-state index in [9.17, 15) is 9.59 Å². The Kier molecular flexibility index (Phi) is 8.75. The second kappa shape index (κ2) is 11.5. The first kappa shape index (κ1) is 23.6. The first-order valence-electron chi connectivity index (χ1n) is 11.0. The van der Waals surface area contributed by atoms with E-state index < -0.39 is 6.04 Å². The summed E-state index contributed by atoms with van der Waals surface area (Å²) in [7, 11) is 0. The Balaban J connectivity index is 1.70. The zero-order chi connectivity index (χ0) is 22.2. The Morgan fingerprint density at radius 2 is 1.84 bits per heavy atom. The Labute approximate surface area is 198 Å². The number of carbonyl (C=O) groups is 2. The van der Waals surface area contributed by atoms with Crippen molar-refractivity contribution < 1.29 is 14.3 Å². The molecule has 0 spiro atoms. The quantitative estimate of drug-likeness (QED) is 0.493. The van der Waals surface area contributed by atoms with E-state index >= 15 is 0 Å². The van der Waals surface area contributed by atoms with Gasteiger partial charge in [0.25, 0.3) is 5.91 Å². The molecule has 1 N–H and O–H groups in total. The van der Waals surface area contributed by atoms with E-state index in [0.29, 0.717) is 12.3 Å². The Hall–Kier alpha value is -2.09. The number of hydrogen-bond donors (Lipinski definition) is 1. The van der Waals surface area contributed by atoms with Gasteiger partial charge >= 0.3 is 0 Å². The molecule has 0 aromatic heterocycles. The van der Waals surface area contributed by atoms with Gasteiger partial charge in [0.15, 0.2) is 6.61 Å². The smallest absolute Gasteiger partial charge is 0.261 e. The number of benzene rings is 2. The summed E-state index contributed by atoms with van der Waals surface area (Å²) in [6, 6.07) is 15.2. The molecule has 0 heterocycles. The third kappa shape index (κ3) is 7.23. The first-order chi connectivity index (χ1) is 14.9.